The summed E-state index contributed by atoms with van der Waals surface area (Å²) in [5.74, 6) is -0.365. The number of aliphatic carboxylic acids is 1. The molecule has 0 aromatic carbocycles. The molecule has 0 unspecified atom stereocenters. The Bertz CT molecular complexity index is 506. The Morgan fingerprint density at radius 1 is 1.67 bits per heavy atom. The number of rotatable bonds is 3. The maximum atomic E-state index is 10.4. The smallest absolute Gasteiger partial charge is 0.312 e. The molecule has 78 valence electrons. The second kappa shape index (κ2) is 3.56. The van der Waals surface area contributed by atoms with Gasteiger partial charge in [-0.3, -0.25) is 4.79 Å². The molecule has 6 heteroatoms. The van der Waals surface area contributed by atoms with Crippen molar-refractivity contribution in [3.8, 4) is 5.75 Å². The Labute approximate surface area is 84.5 Å². The summed E-state index contributed by atoms with van der Waals surface area (Å²) in [4.78, 5) is 18.4. The lowest BCUT2D eigenvalue weighted by Gasteiger charge is -1.96. The Morgan fingerprint density at radius 2 is 2.47 bits per heavy atom. The van der Waals surface area contributed by atoms with E-state index in [2.05, 4.69) is 9.97 Å². The molecule has 0 aliphatic rings. The molecule has 0 atom stereocenters. The van der Waals surface area contributed by atoms with Crippen LogP contribution in [0.5, 0.6) is 5.75 Å². The number of pyridine rings is 1. The van der Waals surface area contributed by atoms with Crippen molar-refractivity contribution in [2.24, 2.45) is 0 Å². The van der Waals surface area contributed by atoms with Crippen molar-refractivity contribution in [1.82, 2.24) is 9.97 Å². The van der Waals surface area contributed by atoms with E-state index in [1.165, 1.54) is 13.3 Å². The van der Waals surface area contributed by atoms with Crippen LogP contribution < -0.4 is 4.74 Å². The molecule has 6 nitrogen and oxygen atoms in total. The highest BCUT2D eigenvalue weighted by atomic mass is 16.5. The number of carboxylic acid groups (broad SMARTS) is 1. The van der Waals surface area contributed by atoms with Crippen LogP contribution in [0.4, 0.5) is 0 Å². The number of methoxy groups -OCH3 is 1. The summed E-state index contributed by atoms with van der Waals surface area (Å²) >= 11 is 0. The van der Waals surface area contributed by atoms with Crippen molar-refractivity contribution in [2.75, 3.05) is 7.11 Å². The minimum atomic E-state index is -1.000. The molecule has 1 N–H and O–H groups in total. The Balaban J connectivity index is 2.50. The molecule has 15 heavy (non-hydrogen) atoms. The predicted molar refractivity (Wildman–Crippen MR) is 49.7 cm³/mol. The molecule has 2 aromatic rings. The van der Waals surface area contributed by atoms with Gasteiger partial charge in [-0.1, -0.05) is 0 Å². The van der Waals surface area contributed by atoms with Crippen LogP contribution in [0, 0.1) is 0 Å². The van der Waals surface area contributed by atoms with Crippen LogP contribution in [-0.4, -0.2) is 28.2 Å². The van der Waals surface area contributed by atoms with E-state index in [9.17, 15) is 4.79 Å². The third-order valence-corrected chi connectivity index (χ3v) is 1.83. The van der Waals surface area contributed by atoms with Gasteiger partial charge in [-0.2, -0.15) is 0 Å². The van der Waals surface area contributed by atoms with Gasteiger partial charge in [-0.15, -0.1) is 0 Å². The van der Waals surface area contributed by atoms with E-state index in [1.807, 2.05) is 0 Å². The highest BCUT2D eigenvalue weighted by Gasteiger charge is 2.13. The van der Waals surface area contributed by atoms with Crippen LogP contribution in [0.1, 0.15) is 5.89 Å². The topological polar surface area (TPSA) is 85.5 Å². The zero-order valence-electron chi connectivity index (χ0n) is 7.93. The van der Waals surface area contributed by atoms with Crippen LogP contribution in [0.25, 0.3) is 11.2 Å². The summed E-state index contributed by atoms with van der Waals surface area (Å²) in [6, 6.07) is 1.63. The molecule has 0 aliphatic carbocycles. The van der Waals surface area contributed by atoms with Gasteiger partial charge >= 0.3 is 5.97 Å². The predicted octanol–water partition coefficient (Wildman–Crippen LogP) is 0.858. The normalized spacial score (nSPS) is 10.5. The first-order chi connectivity index (χ1) is 7.20. The fraction of sp³-hybridized carbons (Fsp3) is 0.222. The first-order valence-corrected chi connectivity index (χ1v) is 4.21. The number of hydrogen-bond acceptors (Lipinski definition) is 5. The van der Waals surface area contributed by atoms with Gasteiger partial charge in [0.25, 0.3) is 5.71 Å². The van der Waals surface area contributed by atoms with Crippen molar-refractivity contribution in [2.45, 2.75) is 6.42 Å². The molecule has 0 aliphatic heterocycles. The van der Waals surface area contributed by atoms with Crippen LogP contribution >= 0.6 is 0 Å². The van der Waals surface area contributed by atoms with Crippen LogP contribution in [0.15, 0.2) is 16.7 Å². The molecular formula is C9H8N2O4. The molecule has 0 spiro atoms. The maximum Gasteiger partial charge on any atom is 0.312 e. The summed E-state index contributed by atoms with van der Waals surface area (Å²) < 4.78 is 10.2. The lowest BCUT2D eigenvalue weighted by molar-refractivity contribution is -0.136. The number of ether oxygens (including phenoxy) is 1. The van der Waals surface area contributed by atoms with E-state index < -0.39 is 5.97 Å². The maximum absolute atomic E-state index is 10.4. The number of nitrogens with zero attached hydrogens (tertiary/aromatic N) is 2. The molecule has 0 amide bonds. The van der Waals surface area contributed by atoms with Gasteiger partial charge in [0.1, 0.15) is 6.42 Å². The van der Waals surface area contributed by atoms with E-state index in [1.54, 1.807) is 6.07 Å². The average Bonchev–Trinajstić information content (AvgIpc) is 2.58. The number of oxazole rings is 1. The summed E-state index contributed by atoms with van der Waals surface area (Å²) in [5.41, 5.74) is 0.724. The molecule has 2 rings (SSSR count). The fourth-order valence-electron chi connectivity index (χ4n) is 1.22. The first-order valence-electron chi connectivity index (χ1n) is 4.21. The Hall–Kier alpha value is -2.11. The van der Waals surface area contributed by atoms with Crippen LogP contribution in [0.2, 0.25) is 0 Å². The number of hydrogen-bond donors (Lipinski definition) is 1. The van der Waals surface area contributed by atoms with Crippen molar-refractivity contribution >= 4 is 17.2 Å². The summed E-state index contributed by atoms with van der Waals surface area (Å²) in [7, 11) is 1.50. The van der Waals surface area contributed by atoms with E-state index >= 15 is 0 Å². The van der Waals surface area contributed by atoms with Gasteiger partial charge in [-0.05, 0) is 0 Å². The van der Waals surface area contributed by atoms with Crippen LogP contribution in [0.3, 0.4) is 0 Å². The lowest BCUT2D eigenvalue weighted by atomic mass is 10.4. The van der Waals surface area contributed by atoms with E-state index in [0.717, 1.165) is 0 Å². The van der Waals surface area contributed by atoms with Crippen molar-refractivity contribution in [1.29, 1.82) is 0 Å². The fourth-order valence-corrected chi connectivity index (χ4v) is 1.22. The summed E-state index contributed by atoms with van der Waals surface area (Å²) in [5, 5.41) is 8.57. The average molecular weight is 208 g/mol. The number of carboxylic acids is 1. The Morgan fingerprint density at radius 3 is 3.13 bits per heavy atom. The molecule has 2 aromatic heterocycles. The molecule has 0 radical (unpaired) electrons. The monoisotopic (exact) mass is 208 g/mol. The quantitative estimate of drug-likeness (QED) is 0.805. The number of aromatic nitrogens is 2. The van der Waals surface area contributed by atoms with E-state index in [0.29, 0.717) is 11.3 Å². The SMILES string of the molecule is COc1ccnc2oc(CC(=O)O)nc12. The molecule has 0 saturated heterocycles. The third kappa shape index (κ3) is 1.74. The second-order valence-corrected chi connectivity index (χ2v) is 2.85. The van der Waals surface area contributed by atoms with Gasteiger partial charge in [0.2, 0.25) is 5.89 Å². The van der Waals surface area contributed by atoms with Crippen molar-refractivity contribution in [3.05, 3.63) is 18.2 Å². The van der Waals surface area contributed by atoms with Gasteiger partial charge in [0.15, 0.2) is 11.3 Å². The zero-order chi connectivity index (χ0) is 10.8. The second-order valence-electron chi connectivity index (χ2n) is 2.85. The number of fused-ring (bicyclic) bond motifs is 1. The third-order valence-electron chi connectivity index (χ3n) is 1.83. The van der Waals surface area contributed by atoms with Gasteiger partial charge < -0.3 is 14.3 Å². The van der Waals surface area contributed by atoms with E-state index in [4.69, 9.17) is 14.3 Å². The molecule has 0 bridgehead atoms. The van der Waals surface area contributed by atoms with Crippen molar-refractivity contribution < 1.29 is 19.1 Å². The highest BCUT2D eigenvalue weighted by molar-refractivity contribution is 5.77. The molecular weight excluding hydrogens is 200 g/mol. The highest BCUT2D eigenvalue weighted by Crippen LogP contribution is 2.23. The zero-order valence-corrected chi connectivity index (χ0v) is 7.93. The molecule has 0 fully saturated rings. The largest absolute Gasteiger partial charge is 0.494 e. The van der Waals surface area contributed by atoms with E-state index in [-0.39, 0.29) is 18.0 Å². The minimum absolute atomic E-state index is 0.120. The van der Waals surface area contributed by atoms with Gasteiger partial charge in [-0.25, -0.2) is 9.97 Å². The molecule has 0 saturated carbocycles. The molecule has 2 heterocycles. The first kappa shape index (κ1) is 9.45. The Kier molecular flexibility index (Phi) is 2.24. The van der Waals surface area contributed by atoms with Crippen molar-refractivity contribution in [3.63, 3.8) is 0 Å². The minimum Gasteiger partial charge on any atom is -0.494 e. The van der Waals surface area contributed by atoms with Crippen LogP contribution in [-0.2, 0) is 11.2 Å². The van der Waals surface area contributed by atoms with Gasteiger partial charge in [0.05, 0.1) is 7.11 Å². The standard InChI is InChI=1S/C9H8N2O4/c1-14-5-2-3-10-9-8(5)11-6(15-9)4-7(12)13/h2-3H,4H2,1H3,(H,12,13). The number of carbonyl (C=O) groups is 1. The lowest BCUT2D eigenvalue weighted by Crippen LogP contribution is -1.99. The summed E-state index contributed by atoms with van der Waals surface area (Å²) in [6.45, 7) is 0. The van der Waals surface area contributed by atoms with Gasteiger partial charge in [0, 0.05) is 12.3 Å². The summed E-state index contributed by atoms with van der Waals surface area (Å²) in [6.07, 6.45) is 1.25.